The van der Waals surface area contributed by atoms with Crippen molar-refractivity contribution in [3.8, 4) is 5.75 Å². The number of ether oxygens (including phenoxy) is 1. The molecule has 0 amide bonds. The number of hydrogen-bond donors (Lipinski definition) is 1. The summed E-state index contributed by atoms with van der Waals surface area (Å²) in [6.45, 7) is 0.274. The summed E-state index contributed by atoms with van der Waals surface area (Å²) in [7, 11) is 0. The number of hydrogen-bond acceptors (Lipinski definition) is 3. The van der Waals surface area contributed by atoms with Crippen LogP contribution in [-0.4, -0.2) is 16.7 Å². The fourth-order valence-electron chi connectivity index (χ4n) is 2.46. The van der Waals surface area contributed by atoms with Gasteiger partial charge >= 0.3 is 6.18 Å². The number of fused-ring (bicyclic) bond motifs is 1. The Bertz CT molecular complexity index is 655. The summed E-state index contributed by atoms with van der Waals surface area (Å²) in [5.41, 5.74) is -1.48. The predicted molar refractivity (Wildman–Crippen MR) is 68.8 cm³/mol. The number of aromatic nitrogens is 1. The molecule has 110 valence electrons. The molecule has 0 spiro atoms. The lowest BCUT2D eigenvalue weighted by atomic mass is 9.85. The maximum atomic E-state index is 12.6. The van der Waals surface area contributed by atoms with Crippen LogP contribution in [0.25, 0.3) is 0 Å². The zero-order valence-corrected chi connectivity index (χ0v) is 10.9. The van der Waals surface area contributed by atoms with Crippen molar-refractivity contribution in [1.82, 2.24) is 4.98 Å². The van der Waals surface area contributed by atoms with E-state index in [1.54, 1.807) is 12.1 Å². The zero-order valence-electron chi connectivity index (χ0n) is 10.9. The summed E-state index contributed by atoms with van der Waals surface area (Å²) in [6, 6.07) is 7.85. The Labute approximate surface area is 119 Å². The fourth-order valence-corrected chi connectivity index (χ4v) is 2.46. The number of benzene rings is 1. The van der Waals surface area contributed by atoms with E-state index in [1.165, 1.54) is 18.3 Å². The highest BCUT2D eigenvalue weighted by molar-refractivity contribution is 5.42. The molecule has 1 aromatic carbocycles. The third kappa shape index (κ3) is 2.35. The summed E-state index contributed by atoms with van der Waals surface area (Å²) in [5, 5.41) is 10.9. The van der Waals surface area contributed by atoms with Crippen molar-refractivity contribution in [2.24, 2.45) is 0 Å². The maximum absolute atomic E-state index is 12.6. The van der Waals surface area contributed by atoms with Gasteiger partial charge in [-0.1, -0.05) is 12.1 Å². The predicted octanol–water partition coefficient (Wildman–Crippen LogP) is 3.12. The van der Waals surface area contributed by atoms with Gasteiger partial charge in [-0.25, -0.2) is 0 Å². The van der Waals surface area contributed by atoms with Gasteiger partial charge in [-0.15, -0.1) is 0 Å². The minimum Gasteiger partial charge on any atom is -0.491 e. The van der Waals surface area contributed by atoms with Gasteiger partial charge in [0.25, 0.3) is 0 Å². The highest BCUT2D eigenvalue weighted by atomic mass is 19.4. The van der Waals surface area contributed by atoms with Crippen molar-refractivity contribution < 1.29 is 23.0 Å². The number of alkyl halides is 3. The van der Waals surface area contributed by atoms with Gasteiger partial charge in [0.1, 0.15) is 17.0 Å². The van der Waals surface area contributed by atoms with Crippen LogP contribution in [0.15, 0.2) is 42.6 Å². The highest BCUT2D eigenvalue weighted by Crippen LogP contribution is 2.41. The van der Waals surface area contributed by atoms with Crippen LogP contribution in [0.5, 0.6) is 5.75 Å². The third-order valence-electron chi connectivity index (χ3n) is 3.57. The smallest absolute Gasteiger partial charge is 0.416 e. The van der Waals surface area contributed by atoms with E-state index in [1.807, 2.05) is 0 Å². The van der Waals surface area contributed by atoms with Crippen LogP contribution < -0.4 is 4.74 Å². The van der Waals surface area contributed by atoms with E-state index in [4.69, 9.17) is 4.74 Å². The molecule has 3 nitrogen and oxygen atoms in total. The average molecular weight is 295 g/mol. The number of nitrogens with zero attached hydrogens (tertiary/aromatic N) is 1. The Hall–Kier alpha value is -2.08. The van der Waals surface area contributed by atoms with Gasteiger partial charge in [0.2, 0.25) is 0 Å². The second kappa shape index (κ2) is 4.73. The minimum atomic E-state index is -4.40. The number of pyridine rings is 1. The molecule has 1 aliphatic heterocycles. The molecular weight excluding hydrogens is 283 g/mol. The van der Waals surface area contributed by atoms with Crippen LogP contribution in [0.1, 0.15) is 23.2 Å². The molecule has 2 heterocycles. The minimum absolute atomic E-state index is 0.238. The maximum Gasteiger partial charge on any atom is 0.416 e. The van der Waals surface area contributed by atoms with Gasteiger partial charge in [0, 0.05) is 12.6 Å². The first-order valence-corrected chi connectivity index (χ1v) is 6.40. The van der Waals surface area contributed by atoms with Crippen LogP contribution in [-0.2, 0) is 11.8 Å². The molecule has 2 aromatic rings. The van der Waals surface area contributed by atoms with Gasteiger partial charge in [0.05, 0.1) is 12.2 Å². The molecule has 1 atom stereocenters. The molecule has 0 aliphatic carbocycles. The Morgan fingerprint density at radius 2 is 1.86 bits per heavy atom. The van der Waals surface area contributed by atoms with Gasteiger partial charge in [-0.3, -0.25) is 4.98 Å². The summed E-state index contributed by atoms with van der Waals surface area (Å²) in [6.07, 6.45) is -2.64. The lowest BCUT2D eigenvalue weighted by Gasteiger charge is -2.33. The molecule has 21 heavy (non-hydrogen) atoms. The quantitative estimate of drug-likeness (QED) is 0.879. The lowest BCUT2D eigenvalue weighted by molar-refractivity contribution is -0.137. The van der Waals surface area contributed by atoms with Crippen molar-refractivity contribution in [2.75, 3.05) is 6.61 Å². The molecule has 0 saturated heterocycles. The Morgan fingerprint density at radius 1 is 1.14 bits per heavy atom. The first-order valence-electron chi connectivity index (χ1n) is 6.40. The fraction of sp³-hybridized carbons (Fsp3) is 0.267. The SMILES string of the molecule is O[C@]1(c2ccc(C(F)(F)F)cc2)CCOc2cccnc21. The van der Waals surface area contributed by atoms with Crippen molar-refractivity contribution in [3.63, 3.8) is 0 Å². The van der Waals surface area contributed by atoms with E-state index in [0.29, 0.717) is 17.0 Å². The molecule has 0 radical (unpaired) electrons. The Balaban J connectivity index is 2.04. The van der Waals surface area contributed by atoms with Crippen molar-refractivity contribution in [1.29, 1.82) is 0 Å². The second-order valence-electron chi connectivity index (χ2n) is 4.88. The first-order chi connectivity index (χ1) is 9.91. The van der Waals surface area contributed by atoms with E-state index < -0.39 is 17.3 Å². The molecule has 0 fully saturated rings. The average Bonchev–Trinajstić information content (AvgIpc) is 2.47. The molecule has 1 N–H and O–H groups in total. The van der Waals surface area contributed by atoms with Gasteiger partial charge < -0.3 is 9.84 Å². The topological polar surface area (TPSA) is 42.4 Å². The standard InChI is InChI=1S/C15H12F3NO2/c16-15(17,18)11-5-3-10(4-6-11)14(20)7-9-21-12-2-1-8-19-13(12)14/h1-6,8,20H,7,9H2/t14-/m0/s1. The molecular formula is C15H12F3NO2. The van der Waals surface area contributed by atoms with Gasteiger partial charge in [0.15, 0.2) is 0 Å². The zero-order chi connectivity index (χ0) is 15.1. The van der Waals surface area contributed by atoms with Gasteiger partial charge in [-0.05, 0) is 29.8 Å². The van der Waals surface area contributed by atoms with Crippen LogP contribution in [0.2, 0.25) is 0 Å². The first kappa shape index (κ1) is 13.9. The number of aliphatic hydroxyl groups is 1. The molecule has 3 rings (SSSR count). The molecule has 0 bridgehead atoms. The lowest BCUT2D eigenvalue weighted by Crippen LogP contribution is -2.35. The van der Waals surface area contributed by atoms with Crippen LogP contribution in [0, 0.1) is 0 Å². The summed E-state index contributed by atoms with van der Waals surface area (Å²) in [4.78, 5) is 4.12. The second-order valence-corrected chi connectivity index (χ2v) is 4.88. The summed E-state index contributed by atoms with van der Waals surface area (Å²) in [5.74, 6) is 0.450. The molecule has 0 saturated carbocycles. The van der Waals surface area contributed by atoms with Crippen LogP contribution >= 0.6 is 0 Å². The van der Waals surface area contributed by atoms with E-state index in [9.17, 15) is 18.3 Å². The summed E-state index contributed by atoms with van der Waals surface area (Å²) < 4.78 is 43.2. The number of halogens is 3. The third-order valence-corrected chi connectivity index (χ3v) is 3.57. The molecule has 6 heteroatoms. The largest absolute Gasteiger partial charge is 0.491 e. The van der Waals surface area contributed by atoms with E-state index in [-0.39, 0.29) is 13.0 Å². The normalized spacial score (nSPS) is 21.5. The van der Waals surface area contributed by atoms with Crippen LogP contribution in [0.3, 0.4) is 0 Å². The van der Waals surface area contributed by atoms with Crippen molar-refractivity contribution >= 4 is 0 Å². The Kier molecular flexibility index (Phi) is 3.13. The molecule has 1 aromatic heterocycles. The molecule has 1 aliphatic rings. The van der Waals surface area contributed by atoms with Crippen LogP contribution in [0.4, 0.5) is 13.2 Å². The molecule has 0 unspecified atom stereocenters. The Morgan fingerprint density at radius 3 is 2.52 bits per heavy atom. The summed E-state index contributed by atoms with van der Waals surface area (Å²) >= 11 is 0. The monoisotopic (exact) mass is 295 g/mol. The highest BCUT2D eigenvalue weighted by Gasteiger charge is 2.39. The van der Waals surface area contributed by atoms with E-state index in [0.717, 1.165) is 12.1 Å². The van der Waals surface area contributed by atoms with Gasteiger partial charge in [-0.2, -0.15) is 13.2 Å². The van der Waals surface area contributed by atoms with E-state index in [2.05, 4.69) is 4.98 Å². The van der Waals surface area contributed by atoms with Crippen molar-refractivity contribution in [3.05, 3.63) is 59.4 Å². The van der Waals surface area contributed by atoms with E-state index >= 15 is 0 Å². The van der Waals surface area contributed by atoms with Crippen molar-refractivity contribution in [2.45, 2.75) is 18.2 Å². The number of rotatable bonds is 1.